The van der Waals surface area contributed by atoms with Crippen LogP contribution >= 0.6 is 0 Å². The fourth-order valence-electron chi connectivity index (χ4n) is 3.52. The predicted molar refractivity (Wildman–Crippen MR) is 118 cm³/mol. The Kier molecular flexibility index (Phi) is 7.27. The minimum absolute atomic E-state index is 0.186. The van der Waals surface area contributed by atoms with Crippen LogP contribution in [0.2, 0.25) is 0 Å². The average molecular weight is 440 g/mol. The number of esters is 1. The van der Waals surface area contributed by atoms with Gasteiger partial charge in [-0.25, -0.2) is 9.18 Å². The number of hydrogen-bond acceptors (Lipinski definition) is 5. The monoisotopic (exact) mass is 440 g/mol. The van der Waals surface area contributed by atoms with Crippen molar-refractivity contribution in [1.82, 2.24) is 9.13 Å². The lowest BCUT2D eigenvalue weighted by Crippen LogP contribution is -2.22. The standard InChI is InChI=1S/C24H25FN2O5/c1-26-21(13-12-19(28)14-20(29)15-22(30)32-2)23(16-8-10-17(25)11-9-16)27(24(26)31)18-6-4-3-5-7-18/h3-11,14,19,28-29H,12-13,15H2,1-2H3/b20-14+. The first kappa shape index (κ1) is 23.0. The molecule has 1 aromatic heterocycles. The second-order valence-electron chi connectivity index (χ2n) is 7.33. The zero-order chi connectivity index (χ0) is 23.3. The molecule has 3 rings (SSSR count). The van der Waals surface area contributed by atoms with Gasteiger partial charge < -0.3 is 14.9 Å². The van der Waals surface area contributed by atoms with Crippen molar-refractivity contribution in [2.75, 3.05) is 7.11 Å². The summed E-state index contributed by atoms with van der Waals surface area (Å²) in [6.45, 7) is 0. The number of hydrogen-bond donors (Lipinski definition) is 2. The molecule has 0 bridgehead atoms. The van der Waals surface area contributed by atoms with Gasteiger partial charge in [0.15, 0.2) is 0 Å². The molecule has 0 spiro atoms. The van der Waals surface area contributed by atoms with Crippen LogP contribution in [0.25, 0.3) is 16.9 Å². The normalized spacial score (nSPS) is 12.6. The molecule has 7 nitrogen and oxygen atoms in total. The highest BCUT2D eigenvalue weighted by Crippen LogP contribution is 2.27. The van der Waals surface area contributed by atoms with Crippen molar-refractivity contribution in [2.24, 2.45) is 7.05 Å². The van der Waals surface area contributed by atoms with Crippen LogP contribution in [0.5, 0.6) is 0 Å². The second kappa shape index (κ2) is 10.1. The zero-order valence-corrected chi connectivity index (χ0v) is 17.9. The van der Waals surface area contributed by atoms with Gasteiger partial charge in [0.1, 0.15) is 18.0 Å². The van der Waals surface area contributed by atoms with E-state index in [1.54, 1.807) is 35.9 Å². The number of para-hydroxylation sites is 1. The molecular weight excluding hydrogens is 415 g/mol. The van der Waals surface area contributed by atoms with Crippen LogP contribution in [-0.4, -0.2) is 38.5 Å². The number of carbonyl (C=O) groups is 1. The summed E-state index contributed by atoms with van der Waals surface area (Å²) in [6, 6.07) is 15.0. The van der Waals surface area contributed by atoms with Crippen LogP contribution < -0.4 is 5.69 Å². The maximum Gasteiger partial charge on any atom is 0.333 e. The molecule has 8 heteroatoms. The molecule has 2 N–H and O–H groups in total. The third-order valence-corrected chi connectivity index (χ3v) is 5.13. The summed E-state index contributed by atoms with van der Waals surface area (Å²) >= 11 is 0. The van der Waals surface area contributed by atoms with E-state index in [2.05, 4.69) is 4.74 Å². The minimum atomic E-state index is -1.05. The number of halogens is 1. The molecule has 32 heavy (non-hydrogen) atoms. The van der Waals surface area contributed by atoms with Crippen LogP contribution in [-0.2, 0) is 23.0 Å². The number of imidazole rings is 1. The van der Waals surface area contributed by atoms with E-state index < -0.39 is 12.1 Å². The quantitative estimate of drug-likeness (QED) is 0.414. The van der Waals surface area contributed by atoms with E-state index in [1.807, 2.05) is 18.2 Å². The number of nitrogens with zero attached hydrogens (tertiary/aromatic N) is 2. The molecule has 2 aromatic carbocycles. The van der Waals surface area contributed by atoms with Crippen molar-refractivity contribution in [3.05, 3.63) is 88.4 Å². The van der Waals surface area contributed by atoms with Crippen LogP contribution in [0.3, 0.4) is 0 Å². The lowest BCUT2D eigenvalue weighted by Gasteiger charge is -2.12. The summed E-state index contributed by atoms with van der Waals surface area (Å²) in [5.74, 6) is -1.30. The van der Waals surface area contributed by atoms with Gasteiger partial charge in [-0.1, -0.05) is 18.2 Å². The van der Waals surface area contributed by atoms with Crippen LogP contribution in [0.1, 0.15) is 18.5 Å². The third-order valence-electron chi connectivity index (χ3n) is 5.13. The zero-order valence-electron chi connectivity index (χ0n) is 17.9. The summed E-state index contributed by atoms with van der Waals surface area (Å²) < 4.78 is 21.1. The van der Waals surface area contributed by atoms with E-state index in [9.17, 15) is 24.2 Å². The van der Waals surface area contributed by atoms with E-state index in [-0.39, 0.29) is 30.1 Å². The molecule has 0 aliphatic carbocycles. The Labute approximate surface area is 184 Å². The fraction of sp³-hybridized carbons (Fsp3) is 0.250. The van der Waals surface area contributed by atoms with Gasteiger partial charge in [-0.2, -0.15) is 0 Å². The Morgan fingerprint density at radius 3 is 2.44 bits per heavy atom. The van der Waals surface area contributed by atoms with Crippen molar-refractivity contribution in [3.8, 4) is 16.9 Å². The van der Waals surface area contributed by atoms with E-state index in [1.165, 1.54) is 29.9 Å². The molecule has 1 unspecified atom stereocenters. The molecule has 0 saturated heterocycles. The van der Waals surface area contributed by atoms with Crippen molar-refractivity contribution < 1.29 is 24.1 Å². The Morgan fingerprint density at radius 1 is 1.16 bits per heavy atom. The fourth-order valence-corrected chi connectivity index (χ4v) is 3.52. The lowest BCUT2D eigenvalue weighted by molar-refractivity contribution is -0.140. The number of aliphatic hydroxyl groups excluding tert-OH is 2. The highest BCUT2D eigenvalue weighted by molar-refractivity contribution is 5.71. The van der Waals surface area contributed by atoms with Gasteiger partial charge in [0.2, 0.25) is 0 Å². The van der Waals surface area contributed by atoms with Gasteiger partial charge in [0, 0.05) is 18.3 Å². The van der Waals surface area contributed by atoms with E-state index in [0.29, 0.717) is 29.1 Å². The first-order chi connectivity index (χ1) is 15.3. The van der Waals surface area contributed by atoms with Gasteiger partial charge in [0.25, 0.3) is 0 Å². The van der Waals surface area contributed by atoms with Gasteiger partial charge >= 0.3 is 11.7 Å². The number of methoxy groups -OCH3 is 1. The van der Waals surface area contributed by atoms with Gasteiger partial charge in [-0.15, -0.1) is 0 Å². The van der Waals surface area contributed by atoms with Crippen molar-refractivity contribution >= 4 is 5.97 Å². The molecule has 0 saturated carbocycles. The van der Waals surface area contributed by atoms with Crippen LogP contribution in [0, 0.1) is 5.82 Å². The number of benzene rings is 2. The topological polar surface area (TPSA) is 93.7 Å². The molecule has 1 heterocycles. The molecule has 0 radical (unpaired) electrons. The van der Waals surface area contributed by atoms with Crippen LogP contribution in [0.4, 0.5) is 4.39 Å². The minimum Gasteiger partial charge on any atom is -0.512 e. The maximum absolute atomic E-state index is 13.5. The summed E-state index contributed by atoms with van der Waals surface area (Å²) in [5.41, 5.74) is 2.28. The number of ether oxygens (including phenoxy) is 1. The summed E-state index contributed by atoms with van der Waals surface area (Å²) in [5, 5.41) is 20.1. The van der Waals surface area contributed by atoms with Crippen molar-refractivity contribution in [2.45, 2.75) is 25.4 Å². The van der Waals surface area contributed by atoms with Crippen molar-refractivity contribution in [3.63, 3.8) is 0 Å². The molecule has 3 aromatic rings. The number of carbonyl (C=O) groups excluding carboxylic acids is 1. The molecule has 0 aliphatic rings. The number of aromatic nitrogens is 2. The lowest BCUT2D eigenvalue weighted by atomic mass is 10.0. The van der Waals surface area contributed by atoms with Gasteiger partial charge in [-0.05, 0) is 55.3 Å². The predicted octanol–water partition coefficient (Wildman–Crippen LogP) is 3.28. The highest BCUT2D eigenvalue weighted by Gasteiger charge is 2.21. The van der Waals surface area contributed by atoms with Gasteiger partial charge in [0.05, 0.1) is 24.6 Å². The highest BCUT2D eigenvalue weighted by atomic mass is 19.1. The van der Waals surface area contributed by atoms with E-state index in [4.69, 9.17) is 0 Å². The molecule has 0 amide bonds. The SMILES string of the molecule is COC(=O)C/C(O)=C\C(O)CCc1c(-c2ccc(F)cc2)n(-c2ccccc2)c(=O)n1C. The smallest absolute Gasteiger partial charge is 0.333 e. The Morgan fingerprint density at radius 2 is 1.81 bits per heavy atom. The second-order valence-corrected chi connectivity index (χ2v) is 7.33. The van der Waals surface area contributed by atoms with Crippen LogP contribution in [0.15, 0.2) is 71.2 Å². The van der Waals surface area contributed by atoms with Crippen molar-refractivity contribution in [1.29, 1.82) is 0 Å². The molecule has 168 valence electrons. The number of rotatable bonds is 8. The first-order valence-corrected chi connectivity index (χ1v) is 10.1. The summed E-state index contributed by atoms with van der Waals surface area (Å²) in [4.78, 5) is 24.4. The first-order valence-electron chi connectivity index (χ1n) is 10.1. The molecule has 1 atom stereocenters. The molecular formula is C24H25FN2O5. The number of aliphatic hydroxyl groups is 2. The van der Waals surface area contributed by atoms with Gasteiger partial charge in [-0.3, -0.25) is 13.9 Å². The maximum atomic E-state index is 13.5. The Bertz CT molecular complexity index is 1160. The Hall–Kier alpha value is -3.65. The summed E-state index contributed by atoms with van der Waals surface area (Å²) in [7, 11) is 2.85. The van der Waals surface area contributed by atoms with E-state index >= 15 is 0 Å². The van der Waals surface area contributed by atoms with E-state index in [0.717, 1.165) is 0 Å². The summed E-state index contributed by atoms with van der Waals surface area (Å²) in [6.07, 6.45) is 0.279. The molecule has 0 fully saturated rings. The Balaban J connectivity index is 1.99. The average Bonchev–Trinajstić information content (AvgIpc) is 3.03. The largest absolute Gasteiger partial charge is 0.512 e. The third kappa shape index (κ3) is 5.15. The molecule has 0 aliphatic heterocycles.